The van der Waals surface area contributed by atoms with E-state index in [0.717, 1.165) is 28.6 Å². The molecule has 0 amide bonds. The van der Waals surface area contributed by atoms with Gasteiger partial charge in [0.05, 0.1) is 5.56 Å². The molecule has 1 atom stereocenters. The molecule has 1 aromatic heterocycles. The number of para-hydroxylation sites is 1. The average molecular weight is 452 g/mol. The Labute approximate surface area is 189 Å². The van der Waals surface area contributed by atoms with Crippen LogP contribution in [0, 0.1) is 0 Å². The molecule has 0 fully saturated rings. The number of halogens is 3. The number of aliphatic carboxylic acids is 1. The van der Waals surface area contributed by atoms with E-state index in [1.807, 2.05) is 65.4 Å². The van der Waals surface area contributed by atoms with Crippen LogP contribution in [0.4, 0.5) is 13.2 Å². The lowest BCUT2D eigenvalue weighted by Gasteiger charge is -2.25. The maximum Gasteiger partial charge on any atom is 0.416 e. The molecule has 0 radical (unpaired) electrons. The Hall–Kier alpha value is -3.58. The van der Waals surface area contributed by atoms with Gasteiger partial charge in [-0.2, -0.15) is 13.2 Å². The molecular weight excluding hydrogens is 429 g/mol. The summed E-state index contributed by atoms with van der Waals surface area (Å²) < 4.78 is 41.3. The van der Waals surface area contributed by atoms with Gasteiger partial charge in [0, 0.05) is 35.8 Å². The van der Waals surface area contributed by atoms with Crippen molar-refractivity contribution in [3.63, 3.8) is 0 Å². The highest BCUT2D eigenvalue weighted by atomic mass is 19.4. The standard InChI is InChI=1S/C26H23F3N2O2/c1-30(15-19-10-7-11-20(14-19)26(27,28)29)24(25(32)33)22-17-31(16-18-8-3-2-4-9-18)23-13-6-5-12-21(22)23/h2-14,17,24H,15-16H2,1H3,(H,32,33). The maximum absolute atomic E-state index is 13.1. The van der Waals surface area contributed by atoms with Crippen LogP contribution in [0.15, 0.2) is 85.1 Å². The molecule has 4 nitrogen and oxygen atoms in total. The van der Waals surface area contributed by atoms with Gasteiger partial charge in [0.2, 0.25) is 0 Å². The topological polar surface area (TPSA) is 45.5 Å². The van der Waals surface area contributed by atoms with E-state index in [1.165, 1.54) is 6.07 Å². The first kappa shape index (κ1) is 22.6. The number of hydrogen-bond acceptors (Lipinski definition) is 2. The van der Waals surface area contributed by atoms with Crippen LogP contribution in [0.25, 0.3) is 10.9 Å². The van der Waals surface area contributed by atoms with Crippen molar-refractivity contribution in [2.75, 3.05) is 7.05 Å². The largest absolute Gasteiger partial charge is 0.480 e. The van der Waals surface area contributed by atoms with Crippen molar-refractivity contribution in [1.29, 1.82) is 0 Å². The summed E-state index contributed by atoms with van der Waals surface area (Å²) in [7, 11) is 1.61. The number of carboxylic acid groups (broad SMARTS) is 1. The molecule has 1 unspecified atom stereocenters. The zero-order valence-electron chi connectivity index (χ0n) is 18.0. The van der Waals surface area contributed by atoms with Crippen LogP contribution in [-0.2, 0) is 24.1 Å². The number of carboxylic acids is 1. The van der Waals surface area contributed by atoms with E-state index >= 15 is 0 Å². The fourth-order valence-corrected chi connectivity index (χ4v) is 4.19. The first-order valence-corrected chi connectivity index (χ1v) is 10.4. The molecule has 0 bridgehead atoms. The molecule has 1 heterocycles. The van der Waals surface area contributed by atoms with Crippen molar-refractivity contribution in [2.24, 2.45) is 0 Å². The number of aromatic nitrogens is 1. The van der Waals surface area contributed by atoms with Gasteiger partial charge < -0.3 is 9.67 Å². The zero-order valence-corrected chi connectivity index (χ0v) is 18.0. The van der Waals surface area contributed by atoms with E-state index in [2.05, 4.69) is 0 Å². The number of nitrogens with zero attached hydrogens (tertiary/aromatic N) is 2. The Morgan fingerprint density at radius 2 is 1.64 bits per heavy atom. The van der Waals surface area contributed by atoms with Crippen molar-refractivity contribution in [1.82, 2.24) is 9.47 Å². The molecule has 3 aromatic carbocycles. The van der Waals surface area contributed by atoms with Crippen LogP contribution in [0.2, 0.25) is 0 Å². The summed E-state index contributed by atoms with van der Waals surface area (Å²) >= 11 is 0. The lowest BCUT2D eigenvalue weighted by molar-refractivity contribution is -0.143. The van der Waals surface area contributed by atoms with Gasteiger partial charge in [0.25, 0.3) is 0 Å². The minimum absolute atomic E-state index is 0.0546. The van der Waals surface area contributed by atoms with Gasteiger partial charge in [-0.3, -0.25) is 9.69 Å². The first-order valence-electron chi connectivity index (χ1n) is 10.4. The molecule has 4 aromatic rings. The smallest absolute Gasteiger partial charge is 0.416 e. The number of fused-ring (bicyclic) bond motifs is 1. The van der Waals surface area contributed by atoms with Crippen LogP contribution in [-0.4, -0.2) is 27.6 Å². The predicted octanol–water partition coefficient (Wildman–Crippen LogP) is 5.97. The van der Waals surface area contributed by atoms with E-state index in [9.17, 15) is 23.1 Å². The van der Waals surface area contributed by atoms with E-state index < -0.39 is 23.8 Å². The summed E-state index contributed by atoms with van der Waals surface area (Å²) in [6.45, 7) is 0.629. The molecule has 7 heteroatoms. The SMILES string of the molecule is CN(Cc1cccc(C(F)(F)F)c1)C(C(=O)O)c1cn(Cc2ccccc2)c2ccccc12. The Kier molecular flexibility index (Phi) is 6.24. The molecule has 4 rings (SSSR count). The van der Waals surface area contributed by atoms with Gasteiger partial charge >= 0.3 is 12.1 Å². The van der Waals surface area contributed by atoms with Gasteiger partial charge in [-0.1, -0.05) is 66.7 Å². The number of hydrogen-bond donors (Lipinski definition) is 1. The van der Waals surface area contributed by atoms with Crippen LogP contribution in [0.1, 0.15) is 28.3 Å². The van der Waals surface area contributed by atoms with Gasteiger partial charge in [-0.25, -0.2) is 0 Å². The van der Waals surface area contributed by atoms with Crippen LogP contribution in [0.5, 0.6) is 0 Å². The van der Waals surface area contributed by atoms with E-state index in [4.69, 9.17) is 0 Å². The lowest BCUT2D eigenvalue weighted by Crippen LogP contribution is -2.30. The Morgan fingerprint density at radius 1 is 0.970 bits per heavy atom. The third kappa shape index (κ3) is 4.93. The number of alkyl halides is 3. The summed E-state index contributed by atoms with van der Waals surface area (Å²) in [6.07, 6.45) is -2.62. The second-order valence-corrected chi connectivity index (χ2v) is 8.07. The minimum atomic E-state index is -4.45. The lowest BCUT2D eigenvalue weighted by atomic mass is 10.0. The minimum Gasteiger partial charge on any atom is -0.480 e. The molecule has 0 saturated heterocycles. The fourth-order valence-electron chi connectivity index (χ4n) is 4.19. The van der Waals surface area contributed by atoms with E-state index in [1.54, 1.807) is 18.0 Å². The molecular formula is C26H23F3N2O2. The van der Waals surface area contributed by atoms with Gasteiger partial charge in [-0.15, -0.1) is 0 Å². The average Bonchev–Trinajstić information content (AvgIpc) is 3.12. The highest BCUT2D eigenvalue weighted by molar-refractivity contribution is 5.89. The quantitative estimate of drug-likeness (QED) is 0.376. The highest BCUT2D eigenvalue weighted by Gasteiger charge is 2.32. The van der Waals surface area contributed by atoms with Crippen molar-refractivity contribution in [3.05, 3.63) is 107 Å². The third-order valence-electron chi connectivity index (χ3n) is 5.67. The predicted molar refractivity (Wildman–Crippen MR) is 121 cm³/mol. The van der Waals surface area contributed by atoms with Gasteiger partial charge in [0.15, 0.2) is 0 Å². The maximum atomic E-state index is 13.1. The summed E-state index contributed by atoms with van der Waals surface area (Å²) in [5.74, 6) is -1.06. The van der Waals surface area contributed by atoms with E-state index in [-0.39, 0.29) is 6.54 Å². The molecule has 0 spiro atoms. The highest BCUT2D eigenvalue weighted by Crippen LogP contribution is 2.33. The first-order chi connectivity index (χ1) is 15.7. The molecule has 1 N–H and O–H groups in total. The second-order valence-electron chi connectivity index (χ2n) is 8.07. The Morgan fingerprint density at radius 3 is 2.33 bits per heavy atom. The Bertz CT molecular complexity index is 1270. The third-order valence-corrected chi connectivity index (χ3v) is 5.67. The summed E-state index contributed by atoms with van der Waals surface area (Å²) in [5, 5.41) is 10.9. The summed E-state index contributed by atoms with van der Waals surface area (Å²) in [5.41, 5.74) is 2.22. The zero-order chi connectivity index (χ0) is 23.6. The van der Waals surface area contributed by atoms with E-state index in [0.29, 0.717) is 17.7 Å². The molecule has 170 valence electrons. The van der Waals surface area contributed by atoms with Crippen molar-refractivity contribution in [2.45, 2.75) is 25.3 Å². The second kappa shape index (κ2) is 9.11. The number of likely N-dealkylation sites (N-methyl/N-ethyl adjacent to an activating group) is 1. The molecule has 0 saturated carbocycles. The van der Waals surface area contributed by atoms with Crippen LogP contribution >= 0.6 is 0 Å². The molecule has 0 aliphatic heterocycles. The monoisotopic (exact) mass is 452 g/mol. The summed E-state index contributed by atoms with van der Waals surface area (Å²) in [4.78, 5) is 13.9. The van der Waals surface area contributed by atoms with Crippen LogP contribution in [0.3, 0.4) is 0 Å². The normalized spacial score (nSPS) is 12.9. The van der Waals surface area contributed by atoms with Crippen molar-refractivity contribution >= 4 is 16.9 Å². The van der Waals surface area contributed by atoms with Gasteiger partial charge in [-0.05, 0) is 30.3 Å². The molecule has 0 aliphatic carbocycles. The van der Waals surface area contributed by atoms with Crippen LogP contribution < -0.4 is 0 Å². The number of benzene rings is 3. The number of carbonyl (C=O) groups is 1. The van der Waals surface area contributed by atoms with Crippen molar-refractivity contribution < 1.29 is 23.1 Å². The molecule has 33 heavy (non-hydrogen) atoms. The fraction of sp³-hybridized carbons (Fsp3) is 0.192. The van der Waals surface area contributed by atoms with Gasteiger partial charge in [0.1, 0.15) is 6.04 Å². The molecule has 0 aliphatic rings. The number of rotatable bonds is 7. The summed E-state index contributed by atoms with van der Waals surface area (Å²) in [6, 6.07) is 21.4. The van der Waals surface area contributed by atoms with Crippen molar-refractivity contribution in [3.8, 4) is 0 Å². The Balaban J connectivity index is 1.69.